The van der Waals surface area contributed by atoms with Crippen molar-refractivity contribution in [3.63, 3.8) is 0 Å². The van der Waals surface area contributed by atoms with Crippen molar-refractivity contribution in [3.05, 3.63) is 58.6 Å². The monoisotopic (exact) mass is 414 g/mol. The van der Waals surface area contributed by atoms with Crippen LogP contribution in [0.25, 0.3) is 0 Å². The molecule has 0 aliphatic carbocycles. The van der Waals surface area contributed by atoms with Gasteiger partial charge in [-0.2, -0.15) is 0 Å². The normalized spacial score (nSPS) is 11.9. The number of hydrogen-bond donors (Lipinski definition) is 1. The molecule has 0 unspecified atom stereocenters. The number of rotatable bonds is 5. The Balaban J connectivity index is 2.52. The summed E-state index contributed by atoms with van der Waals surface area (Å²) < 4.78 is 27.3. The maximum Gasteiger partial charge on any atom is 0.264 e. The fraction of sp³-hybridized carbons (Fsp3) is 0.278. The molecule has 0 heterocycles. The van der Waals surface area contributed by atoms with E-state index in [4.69, 9.17) is 23.2 Å². The van der Waals surface area contributed by atoms with Crippen molar-refractivity contribution in [1.29, 1.82) is 0 Å². The van der Waals surface area contributed by atoms with Crippen molar-refractivity contribution in [2.75, 3.05) is 10.8 Å². The number of amides is 1. The molecule has 0 aromatic heterocycles. The highest BCUT2D eigenvalue weighted by Gasteiger charge is 2.30. The van der Waals surface area contributed by atoms with Gasteiger partial charge in [0.2, 0.25) is 5.91 Å². The third-order valence-electron chi connectivity index (χ3n) is 3.33. The number of anilines is 1. The van der Waals surface area contributed by atoms with Crippen LogP contribution in [0.4, 0.5) is 5.69 Å². The minimum absolute atomic E-state index is 0.0552. The number of benzene rings is 2. The smallest absolute Gasteiger partial charge is 0.264 e. The summed E-state index contributed by atoms with van der Waals surface area (Å²) in [5.41, 5.74) is -0.357. The molecule has 1 N–H and O–H groups in total. The van der Waals surface area contributed by atoms with E-state index in [1.165, 1.54) is 18.2 Å². The highest BCUT2D eigenvalue weighted by Crippen LogP contribution is 2.35. The Morgan fingerprint density at radius 2 is 1.65 bits per heavy atom. The van der Waals surface area contributed by atoms with Gasteiger partial charge in [-0.25, -0.2) is 8.42 Å². The highest BCUT2D eigenvalue weighted by molar-refractivity contribution is 7.92. The molecule has 0 atom stereocenters. The number of carbonyl (C=O) groups excluding carboxylic acids is 1. The van der Waals surface area contributed by atoms with E-state index >= 15 is 0 Å². The fourth-order valence-electron chi connectivity index (χ4n) is 2.29. The number of halogens is 2. The van der Waals surface area contributed by atoms with Crippen LogP contribution >= 0.6 is 23.2 Å². The molecule has 0 fully saturated rings. The molecule has 0 spiro atoms. The van der Waals surface area contributed by atoms with E-state index in [-0.39, 0.29) is 20.6 Å². The lowest BCUT2D eigenvalue weighted by Crippen LogP contribution is -2.47. The Morgan fingerprint density at radius 3 is 2.23 bits per heavy atom. The highest BCUT2D eigenvalue weighted by atomic mass is 35.5. The van der Waals surface area contributed by atoms with Gasteiger partial charge < -0.3 is 5.32 Å². The molecule has 0 aliphatic rings. The van der Waals surface area contributed by atoms with E-state index in [1.807, 2.05) is 20.8 Å². The van der Waals surface area contributed by atoms with E-state index in [0.29, 0.717) is 0 Å². The van der Waals surface area contributed by atoms with Crippen molar-refractivity contribution in [2.45, 2.75) is 31.2 Å². The summed E-state index contributed by atoms with van der Waals surface area (Å²) in [5.74, 6) is -0.451. The summed E-state index contributed by atoms with van der Waals surface area (Å²) in [6.45, 7) is 5.02. The molecule has 2 aromatic carbocycles. The van der Waals surface area contributed by atoms with Crippen molar-refractivity contribution >= 4 is 44.8 Å². The first-order valence-electron chi connectivity index (χ1n) is 7.85. The molecular weight excluding hydrogens is 395 g/mol. The topological polar surface area (TPSA) is 66.5 Å². The molecule has 140 valence electrons. The van der Waals surface area contributed by atoms with Crippen molar-refractivity contribution in [2.24, 2.45) is 0 Å². The first-order chi connectivity index (χ1) is 12.0. The van der Waals surface area contributed by atoms with Gasteiger partial charge in [0.25, 0.3) is 10.0 Å². The lowest BCUT2D eigenvalue weighted by molar-refractivity contribution is -0.121. The van der Waals surface area contributed by atoms with E-state index in [1.54, 1.807) is 30.3 Å². The average Bonchev–Trinajstić information content (AvgIpc) is 2.54. The van der Waals surface area contributed by atoms with Gasteiger partial charge in [0.05, 0.1) is 20.6 Å². The van der Waals surface area contributed by atoms with Gasteiger partial charge in [0.1, 0.15) is 6.54 Å². The summed E-state index contributed by atoms with van der Waals surface area (Å²) >= 11 is 12.3. The Labute approximate surface area is 164 Å². The summed E-state index contributed by atoms with van der Waals surface area (Å²) in [6, 6.07) is 12.5. The minimum atomic E-state index is -4.01. The van der Waals surface area contributed by atoms with Gasteiger partial charge in [0.15, 0.2) is 0 Å². The zero-order valence-electron chi connectivity index (χ0n) is 14.7. The van der Waals surface area contributed by atoms with Gasteiger partial charge in [0, 0.05) is 5.54 Å². The Bertz CT molecular complexity index is 894. The lowest BCUT2D eigenvalue weighted by atomic mass is 10.1. The van der Waals surface area contributed by atoms with Crippen LogP contribution in [0.15, 0.2) is 53.4 Å². The van der Waals surface area contributed by atoms with Crippen molar-refractivity contribution in [1.82, 2.24) is 5.32 Å². The molecule has 1 amide bonds. The van der Waals surface area contributed by atoms with Gasteiger partial charge in [-0.1, -0.05) is 47.5 Å². The van der Waals surface area contributed by atoms with Crippen LogP contribution in [0.3, 0.4) is 0 Å². The molecule has 0 saturated carbocycles. The number of hydrogen-bond acceptors (Lipinski definition) is 3. The lowest BCUT2D eigenvalue weighted by Gasteiger charge is -2.27. The predicted octanol–water partition coefficient (Wildman–Crippen LogP) is 4.10. The zero-order chi connectivity index (χ0) is 19.5. The Kier molecular flexibility index (Phi) is 6.21. The van der Waals surface area contributed by atoms with Gasteiger partial charge >= 0.3 is 0 Å². The second-order valence-corrected chi connectivity index (χ2v) is 9.34. The number of nitrogens with zero attached hydrogens (tertiary/aromatic N) is 1. The van der Waals surface area contributed by atoms with Crippen molar-refractivity contribution in [3.8, 4) is 0 Å². The number of sulfonamides is 1. The third kappa shape index (κ3) is 4.90. The first-order valence-corrected chi connectivity index (χ1v) is 10.0. The average molecular weight is 415 g/mol. The van der Waals surface area contributed by atoms with Crippen LogP contribution in [0, 0.1) is 0 Å². The van der Waals surface area contributed by atoms with Crippen LogP contribution in [-0.4, -0.2) is 26.4 Å². The molecule has 2 rings (SSSR count). The van der Waals surface area contributed by atoms with Crippen LogP contribution in [-0.2, 0) is 14.8 Å². The van der Waals surface area contributed by atoms with E-state index < -0.39 is 28.0 Å². The van der Waals surface area contributed by atoms with Crippen LogP contribution < -0.4 is 9.62 Å². The van der Waals surface area contributed by atoms with Crippen LogP contribution in [0.1, 0.15) is 20.8 Å². The standard InChI is InChI=1S/C18H20Cl2N2O3S/c1-18(2,3)21-16(23)12-22(15-11-7-10-14(19)17(15)20)26(24,25)13-8-5-4-6-9-13/h4-11H,12H2,1-3H3,(H,21,23). The second-order valence-electron chi connectivity index (χ2n) is 6.70. The summed E-state index contributed by atoms with van der Waals surface area (Å²) in [5, 5.41) is 3.03. The fourth-order valence-corrected chi connectivity index (χ4v) is 4.19. The molecule has 26 heavy (non-hydrogen) atoms. The van der Waals surface area contributed by atoms with Gasteiger partial charge in [-0.15, -0.1) is 0 Å². The maximum absolute atomic E-state index is 13.1. The quantitative estimate of drug-likeness (QED) is 0.800. The number of nitrogens with one attached hydrogen (secondary N) is 1. The summed E-state index contributed by atoms with van der Waals surface area (Å²) in [6.07, 6.45) is 0. The molecular formula is C18H20Cl2N2O3S. The number of carbonyl (C=O) groups is 1. The minimum Gasteiger partial charge on any atom is -0.350 e. The molecule has 0 aliphatic heterocycles. The van der Waals surface area contributed by atoms with E-state index in [2.05, 4.69) is 5.32 Å². The predicted molar refractivity (Wildman–Crippen MR) is 105 cm³/mol. The Hall–Kier alpha value is -1.76. The van der Waals surface area contributed by atoms with Gasteiger partial charge in [-0.3, -0.25) is 9.10 Å². The van der Waals surface area contributed by atoms with Crippen LogP contribution in [0.2, 0.25) is 10.0 Å². The van der Waals surface area contributed by atoms with E-state index in [9.17, 15) is 13.2 Å². The molecule has 0 radical (unpaired) electrons. The zero-order valence-corrected chi connectivity index (χ0v) is 17.0. The molecule has 0 saturated heterocycles. The molecule has 8 heteroatoms. The molecule has 5 nitrogen and oxygen atoms in total. The van der Waals surface area contributed by atoms with Gasteiger partial charge in [-0.05, 0) is 45.0 Å². The summed E-state index contributed by atoms with van der Waals surface area (Å²) in [4.78, 5) is 12.5. The van der Waals surface area contributed by atoms with Crippen molar-refractivity contribution < 1.29 is 13.2 Å². The first kappa shape index (κ1) is 20.6. The maximum atomic E-state index is 13.1. The molecule has 0 bridgehead atoms. The SMILES string of the molecule is CC(C)(C)NC(=O)CN(c1cccc(Cl)c1Cl)S(=O)(=O)c1ccccc1. The Morgan fingerprint density at radius 1 is 1.04 bits per heavy atom. The molecule has 2 aromatic rings. The second kappa shape index (κ2) is 7.86. The van der Waals surface area contributed by atoms with E-state index in [0.717, 1.165) is 4.31 Å². The van der Waals surface area contributed by atoms with Crippen LogP contribution in [0.5, 0.6) is 0 Å². The third-order valence-corrected chi connectivity index (χ3v) is 5.92. The largest absolute Gasteiger partial charge is 0.350 e. The summed E-state index contributed by atoms with van der Waals surface area (Å²) in [7, 11) is -4.01.